The van der Waals surface area contributed by atoms with Crippen molar-refractivity contribution >= 4 is 11.9 Å². The topological polar surface area (TPSA) is 61.8 Å². The highest BCUT2D eigenvalue weighted by molar-refractivity contribution is 5.93. The molecule has 164 valence electrons. The van der Waals surface area contributed by atoms with Crippen LogP contribution < -0.4 is 0 Å². The molecule has 5 heteroatoms. The zero-order valence-corrected chi connectivity index (χ0v) is 18.3. The second-order valence-corrected chi connectivity index (χ2v) is 7.35. The van der Waals surface area contributed by atoms with E-state index >= 15 is 0 Å². The Morgan fingerprint density at radius 2 is 1.21 bits per heavy atom. The standard InChI is InChI=1S/C23H42O5/c1-4-5-6-7-8-9-10-11-12-13-14-15-17-27-18-16-19-28-22(24)20-21(2)23(25)26-3/h2,4-20H2,1,3H3. The fourth-order valence-electron chi connectivity index (χ4n) is 2.94. The minimum Gasteiger partial charge on any atom is -0.466 e. The Hall–Kier alpha value is -1.36. The molecule has 28 heavy (non-hydrogen) atoms. The van der Waals surface area contributed by atoms with Gasteiger partial charge in [0.15, 0.2) is 0 Å². The third-order valence-corrected chi connectivity index (χ3v) is 4.67. The average Bonchev–Trinajstić information content (AvgIpc) is 2.69. The van der Waals surface area contributed by atoms with Gasteiger partial charge >= 0.3 is 11.9 Å². The maximum atomic E-state index is 11.5. The predicted molar refractivity (Wildman–Crippen MR) is 113 cm³/mol. The molecule has 0 heterocycles. The lowest BCUT2D eigenvalue weighted by Gasteiger charge is -2.07. The molecule has 0 fully saturated rings. The Kier molecular flexibility index (Phi) is 19.4. The molecule has 0 bridgehead atoms. The van der Waals surface area contributed by atoms with Crippen LogP contribution in [0.2, 0.25) is 0 Å². The van der Waals surface area contributed by atoms with Crippen molar-refractivity contribution in [3.63, 3.8) is 0 Å². The van der Waals surface area contributed by atoms with E-state index in [2.05, 4.69) is 18.2 Å². The molecule has 0 saturated carbocycles. The van der Waals surface area contributed by atoms with E-state index in [1.54, 1.807) is 0 Å². The highest BCUT2D eigenvalue weighted by Crippen LogP contribution is 2.12. The fourth-order valence-corrected chi connectivity index (χ4v) is 2.94. The Morgan fingerprint density at radius 1 is 0.714 bits per heavy atom. The van der Waals surface area contributed by atoms with Crippen molar-refractivity contribution in [1.82, 2.24) is 0 Å². The van der Waals surface area contributed by atoms with Crippen molar-refractivity contribution in [2.45, 2.75) is 96.8 Å². The van der Waals surface area contributed by atoms with Crippen LogP contribution in [0.4, 0.5) is 0 Å². The molecule has 0 N–H and O–H groups in total. The van der Waals surface area contributed by atoms with Crippen molar-refractivity contribution in [2.24, 2.45) is 0 Å². The molecule has 0 spiro atoms. The summed E-state index contributed by atoms with van der Waals surface area (Å²) in [5.74, 6) is -1.04. The first-order chi connectivity index (χ1) is 13.6. The van der Waals surface area contributed by atoms with Crippen molar-refractivity contribution in [3.05, 3.63) is 12.2 Å². The number of esters is 2. The predicted octanol–water partition coefficient (Wildman–Crippen LogP) is 5.76. The molecule has 0 unspecified atom stereocenters. The molecule has 0 saturated heterocycles. The molecular weight excluding hydrogens is 356 g/mol. The number of rotatable bonds is 20. The third-order valence-electron chi connectivity index (χ3n) is 4.67. The minimum absolute atomic E-state index is 0.107. The lowest BCUT2D eigenvalue weighted by molar-refractivity contribution is -0.145. The van der Waals surface area contributed by atoms with Gasteiger partial charge < -0.3 is 14.2 Å². The number of hydrogen-bond acceptors (Lipinski definition) is 5. The van der Waals surface area contributed by atoms with Crippen LogP contribution in [0.5, 0.6) is 0 Å². The highest BCUT2D eigenvalue weighted by atomic mass is 16.5. The van der Waals surface area contributed by atoms with E-state index < -0.39 is 11.9 Å². The Labute approximate surface area is 172 Å². The molecule has 0 aromatic rings. The van der Waals surface area contributed by atoms with Crippen LogP contribution in [0.25, 0.3) is 0 Å². The molecular formula is C23H42O5. The SMILES string of the molecule is C=C(CC(=O)OCCCOCCCCCCCCCCCCCC)C(=O)OC. The summed E-state index contributed by atoms with van der Waals surface area (Å²) in [6.07, 6.45) is 16.6. The molecule has 0 rings (SSSR count). The van der Waals surface area contributed by atoms with E-state index in [1.807, 2.05) is 0 Å². The molecule has 0 radical (unpaired) electrons. The molecule has 0 aromatic heterocycles. The van der Waals surface area contributed by atoms with Crippen LogP contribution >= 0.6 is 0 Å². The van der Waals surface area contributed by atoms with Crippen LogP contribution in [-0.2, 0) is 23.8 Å². The molecule has 5 nitrogen and oxygen atoms in total. The number of carbonyl (C=O) groups excluding carboxylic acids is 2. The molecule has 0 amide bonds. The normalized spacial score (nSPS) is 10.6. The van der Waals surface area contributed by atoms with Crippen molar-refractivity contribution in [3.8, 4) is 0 Å². The molecule has 0 aromatic carbocycles. The van der Waals surface area contributed by atoms with E-state index in [1.165, 1.54) is 77.7 Å². The molecule has 0 atom stereocenters. The van der Waals surface area contributed by atoms with E-state index in [0.29, 0.717) is 19.6 Å². The van der Waals surface area contributed by atoms with Gasteiger partial charge in [-0.05, 0) is 6.42 Å². The zero-order chi connectivity index (χ0) is 20.9. The van der Waals surface area contributed by atoms with E-state index in [0.717, 1.165) is 13.0 Å². The van der Waals surface area contributed by atoms with Gasteiger partial charge in [0.25, 0.3) is 0 Å². The lowest BCUT2D eigenvalue weighted by Crippen LogP contribution is -2.13. The van der Waals surface area contributed by atoms with E-state index in [-0.39, 0.29) is 12.0 Å². The van der Waals surface area contributed by atoms with E-state index in [4.69, 9.17) is 9.47 Å². The second kappa shape index (κ2) is 20.4. The van der Waals surface area contributed by atoms with Crippen molar-refractivity contribution in [1.29, 1.82) is 0 Å². The summed E-state index contributed by atoms with van der Waals surface area (Å²) in [6.45, 7) is 7.41. The van der Waals surface area contributed by atoms with Crippen LogP contribution in [-0.4, -0.2) is 38.9 Å². The molecule has 0 aliphatic rings. The summed E-state index contributed by atoms with van der Waals surface area (Å²) in [7, 11) is 1.26. The van der Waals surface area contributed by atoms with Gasteiger partial charge in [0, 0.05) is 25.2 Å². The van der Waals surface area contributed by atoms with Crippen LogP contribution in [0.1, 0.15) is 96.8 Å². The summed E-state index contributed by atoms with van der Waals surface area (Å²) in [4.78, 5) is 22.6. The largest absolute Gasteiger partial charge is 0.466 e. The summed E-state index contributed by atoms with van der Waals surface area (Å²) in [5, 5.41) is 0. The van der Waals surface area contributed by atoms with Gasteiger partial charge in [0.1, 0.15) is 0 Å². The number of unbranched alkanes of at least 4 members (excludes halogenated alkanes) is 11. The first-order valence-electron chi connectivity index (χ1n) is 11.1. The van der Waals surface area contributed by atoms with Gasteiger partial charge in [-0.2, -0.15) is 0 Å². The fraction of sp³-hybridized carbons (Fsp3) is 0.826. The smallest absolute Gasteiger partial charge is 0.333 e. The Morgan fingerprint density at radius 3 is 1.75 bits per heavy atom. The number of hydrogen-bond donors (Lipinski definition) is 0. The lowest BCUT2D eigenvalue weighted by atomic mass is 10.1. The van der Waals surface area contributed by atoms with E-state index in [9.17, 15) is 9.59 Å². The average molecular weight is 399 g/mol. The number of methoxy groups -OCH3 is 1. The highest BCUT2D eigenvalue weighted by Gasteiger charge is 2.12. The minimum atomic E-state index is -0.581. The first kappa shape index (κ1) is 26.6. The van der Waals surface area contributed by atoms with Gasteiger partial charge in [0.05, 0.1) is 20.1 Å². The van der Waals surface area contributed by atoms with Gasteiger partial charge in [-0.25, -0.2) is 4.79 Å². The van der Waals surface area contributed by atoms with Crippen LogP contribution in [0.15, 0.2) is 12.2 Å². The monoisotopic (exact) mass is 398 g/mol. The quantitative estimate of drug-likeness (QED) is 0.148. The van der Waals surface area contributed by atoms with Gasteiger partial charge in [-0.3, -0.25) is 4.79 Å². The second-order valence-electron chi connectivity index (χ2n) is 7.35. The summed E-state index contributed by atoms with van der Waals surface area (Å²) in [6, 6.07) is 0. The zero-order valence-electron chi connectivity index (χ0n) is 18.3. The van der Waals surface area contributed by atoms with Crippen molar-refractivity contribution in [2.75, 3.05) is 26.9 Å². The third kappa shape index (κ3) is 18.0. The van der Waals surface area contributed by atoms with Gasteiger partial charge in [-0.15, -0.1) is 0 Å². The summed E-state index contributed by atoms with van der Waals surface area (Å²) < 4.78 is 15.1. The molecule has 0 aliphatic heterocycles. The Bertz CT molecular complexity index is 406. The Balaban J connectivity index is 3.22. The van der Waals surface area contributed by atoms with Gasteiger partial charge in [-0.1, -0.05) is 84.1 Å². The number of ether oxygens (including phenoxy) is 3. The first-order valence-corrected chi connectivity index (χ1v) is 11.1. The molecule has 0 aliphatic carbocycles. The maximum Gasteiger partial charge on any atom is 0.333 e. The van der Waals surface area contributed by atoms with Crippen LogP contribution in [0.3, 0.4) is 0 Å². The van der Waals surface area contributed by atoms with Crippen molar-refractivity contribution < 1.29 is 23.8 Å². The van der Waals surface area contributed by atoms with Gasteiger partial charge in [0.2, 0.25) is 0 Å². The summed E-state index contributed by atoms with van der Waals surface area (Å²) >= 11 is 0. The maximum absolute atomic E-state index is 11.5. The number of carbonyl (C=O) groups is 2. The summed E-state index contributed by atoms with van der Waals surface area (Å²) in [5.41, 5.74) is 0.107. The van der Waals surface area contributed by atoms with Crippen LogP contribution in [0, 0.1) is 0 Å².